The number of carbonyl (C=O) groups excluding carboxylic acids is 4. The van der Waals surface area contributed by atoms with Gasteiger partial charge in [-0.3, -0.25) is 24.1 Å². The van der Waals surface area contributed by atoms with E-state index < -0.39 is 44.4 Å². The lowest BCUT2D eigenvalue weighted by Gasteiger charge is -2.57. The number of hydrogen-bond donors (Lipinski definition) is 3. The molecule has 0 radical (unpaired) electrons. The van der Waals surface area contributed by atoms with E-state index in [1.54, 1.807) is 26.0 Å². The summed E-state index contributed by atoms with van der Waals surface area (Å²) in [4.78, 5) is 57.5. The van der Waals surface area contributed by atoms with Gasteiger partial charge in [-0.2, -0.15) is 0 Å². The number of likely N-dealkylation sites (N-methyl/N-ethyl adjacent to an activating group) is 3. The van der Waals surface area contributed by atoms with Gasteiger partial charge in [0.15, 0.2) is 9.74 Å². The van der Waals surface area contributed by atoms with Crippen LogP contribution in [0.1, 0.15) is 17.5 Å². The average molecular weight is 743 g/mol. The molecule has 6 unspecified atom stereocenters. The first-order chi connectivity index (χ1) is 23.0. The lowest BCUT2D eigenvalue weighted by molar-refractivity contribution is -0.166. The summed E-state index contributed by atoms with van der Waals surface area (Å²) >= 11 is 0. The highest BCUT2D eigenvalue weighted by molar-refractivity contribution is 9.10. The number of nitrogens with zero attached hydrogens (tertiary/aromatic N) is 5. The van der Waals surface area contributed by atoms with Crippen LogP contribution in [0.5, 0.6) is 0 Å². The topological polar surface area (TPSA) is 139 Å². The molecule has 8 aliphatic rings. The van der Waals surface area contributed by atoms with Gasteiger partial charge in [0.2, 0.25) is 9.74 Å². The quantitative estimate of drug-likeness (QED) is 0.332. The Morgan fingerprint density at radius 2 is 1.40 bits per heavy atom. The third kappa shape index (κ3) is 3.30. The summed E-state index contributed by atoms with van der Waals surface area (Å²) in [6.45, 7) is -1.01. The van der Waals surface area contributed by atoms with Crippen molar-refractivity contribution in [2.24, 2.45) is 0 Å². The highest BCUT2D eigenvalue weighted by Gasteiger charge is 2.78. The number of nitrogens with one attached hydrogen (secondary N) is 1. The van der Waals surface area contributed by atoms with Crippen LogP contribution in [0.3, 0.4) is 0 Å². The lowest BCUT2D eigenvalue weighted by Crippen LogP contribution is -2.77. The minimum absolute atomic E-state index is 0.190. The molecule has 0 aliphatic carbocycles. The lowest BCUT2D eigenvalue weighted by atomic mass is 9.86. The van der Waals surface area contributed by atoms with Crippen LogP contribution in [0, 0.1) is 0 Å². The number of aliphatic hydroxyl groups is 2. The van der Waals surface area contributed by atoms with Crippen molar-refractivity contribution in [2.45, 2.75) is 44.0 Å². The number of rotatable bonds is 5. The van der Waals surface area contributed by atoms with E-state index in [4.69, 9.17) is 0 Å². The fourth-order valence-corrected chi connectivity index (χ4v) is 18.0. The molecule has 7 saturated heterocycles. The highest BCUT2D eigenvalue weighted by Crippen LogP contribution is 2.69. The molecule has 9 heterocycles. The number of hydrogen-bond acceptors (Lipinski definition) is 12. The van der Waals surface area contributed by atoms with Crippen LogP contribution in [0.2, 0.25) is 0 Å². The molecule has 1 spiro atoms. The first-order valence-corrected chi connectivity index (χ1v) is 20.9. The standard InChI is InChI=1S/C31H30N6O6S5/c1-33-25(42)30(15-38)34(2)23(40)28(33,46-48-47-30)12-17-13-36(21-11-7-4-8-18(17)21)27-14-29-24(41)35(3)31(16-39,45-44-29)26(43)37(29)22(27)32-20-10-6-5-9-19(20)27/h4-11,13,22,32,38-39H,12,14-16H2,1-3H3. The maximum atomic E-state index is 14.5. The summed E-state index contributed by atoms with van der Waals surface area (Å²) in [5.41, 5.74) is 2.53. The normalized spacial score (nSPS) is 36.6. The van der Waals surface area contributed by atoms with Gasteiger partial charge in [0.1, 0.15) is 11.7 Å². The SMILES string of the molecule is CN1C(=O)C2(Cc3cn(C45CC67SSC(CO)(C(=O)N6C4Nc4ccccc45)N(C)C7=O)c4ccccc34)SSSC1(CO)C(=O)N2C. The number of anilines is 1. The molecule has 11 rings (SSSR count). The second-order valence-electron chi connectivity index (χ2n) is 13.0. The molecule has 8 aliphatic heterocycles. The highest BCUT2D eigenvalue weighted by atomic mass is 33.5. The molecule has 0 saturated carbocycles. The number of aromatic nitrogens is 1. The molecule has 12 nitrogen and oxygen atoms in total. The molecule has 6 atom stereocenters. The molecule has 17 heteroatoms. The van der Waals surface area contributed by atoms with Crippen LogP contribution in [0.15, 0.2) is 54.7 Å². The van der Waals surface area contributed by atoms with Crippen molar-refractivity contribution in [3.05, 3.63) is 65.9 Å². The van der Waals surface area contributed by atoms with E-state index in [9.17, 15) is 29.4 Å². The Morgan fingerprint density at radius 1 is 0.771 bits per heavy atom. The molecular weight excluding hydrogens is 713 g/mol. The number of para-hydroxylation sites is 2. The summed E-state index contributed by atoms with van der Waals surface area (Å²) in [6.07, 6.45) is 1.83. The van der Waals surface area contributed by atoms with Gasteiger partial charge in [0.05, 0.1) is 13.2 Å². The Hall–Kier alpha value is -2.67. The molecule has 4 amide bonds. The van der Waals surface area contributed by atoms with E-state index in [-0.39, 0.29) is 36.5 Å². The Labute approximate surface area is 294 Å². The van der Waals surface area contributed by atoms with E-state index in [0.717, 1.165) is 27.7 Å². The first kappa shape index (κ1) is 31.3. The number of benzene rings is 2. The maximum absolute atomic E-state index is 14.5. The van der Waals surface area contributed by atoms with Crippen LogP contribution in [0.25, 0.3) is 10.9 Å². The number of piperazine rings is 2. The van der Waals surface area contributed by atoms with Crippen molar-refractivity contribution >= 4 is 93.2 Å². The van der Waals surface area contributed by atoms with Gasteiger partial charge < -0.3 is 34.8 Å². The Bertz CT molecular complexity index is 2000. The summed E-state index contributed by atoms with van der Waals surface area (Å²) in [5, 5.41) is 25.4. The van der Waals surface area contributed by atoms with E-state index >= 15 is 0 Å². The molecule has 250 valence electrons. The van der Waals surface area contributed by atoms with Crippen molar-refractivity contribution in [3.8, 4) is 0 Å². The van der Waals surface area contributed by atoms with Gasteiger partial charge in [0, 0.05) is 62.3 Å². The number of carbonyl (C=O) groups is 4. The summed E-state index contributed by atoms with van der Waals surface area (Å²) in [6, 6.07) is 15.8. The molecular formula is C31H30N6O6S5. The van der Waals surface area contributed by atoms with E-state index in [1.807, 2.05) is 54.7 Å². The largest absolute Gasteiger partial charge is 0.392 e. The third-order valence-electron chi connectivity index (χ3n) is 11.1. The Morgan fingerprint density at radius 3 is 2.17 bits per heavy atom. The smallest absolute Gasteiger partial charge is 0.265 e. The van der Waals surface area contributed by atoms with Crippen molar-refractivity contribution in [2.75, 3.05) is 39.7 Å². The van der Waals surface area contributed by atoms with Crippen molar-refractivity contribution in [3.63, 3.8) is 0 Å². The fraction of sp³-hybridized carbons (Fsp3) is 0.419. The zero-order valence-electron chi connectivity index (χ0n) is 25.9. The summed E-state index contributed by atoms with van der Waals surface area (Å²) in [5.74, 6) is -1.14. The van der Waals surface area contributed by atoms with Crippen molar-refractivity contribution in [1.29, 1.82) is 0 Å². The van der Waals surface area contributed by atoms with Crippen LogP contribution < -0.4 is 5.32 Å². The zero-order valence-corrected chi connectivity index (χ0v) is 30.0. The van der Waals surface area contributed by atoms with Crippen LogP contribution in [-0.4, -0.2) is 118 Å². The molecule has 3 aromatic rings. The van der Waals surface area contributed by atoms with Crippen LogP contribution in [0.4, 0.5) is 5.69 Å². The number of aliphatic hydroxyl groups excluding tert-OH is 2. The predicted octanol–water partition coefficient (Wildman–Crippen LogP) is 2.52. The van der Waals surface area contributed by atoms with E-state index in [0.29, 0.717) is 0 Å². The van der Waals surface area contributed by atoms with E-state index in [1.165, 1.54) is 67.7 Å². The van der Waals surface area contributed by atoms with Gasteiger partial charge in [-0.15, -0.1) is 0 Å². The number of fused-ring (bicyclic) bond motifs is 10. The summed E-state index contributed by atoms with van der Waals surface area (Å²) in [7, 11) is 11.2. The van der Waals surface area contributed by atoms with Crippen molar-refractivity contribution < 1.29 is 29.4 Å². The number of amides is 4. The molecule has 48 heavy (non-hydrogen) atoms. The summed E-state index contributed by atoms with van der Waals surface area (Å²) < 4.78 is 2.16. The minimum Gasteiger partial charge on any atom is -0.392 e. The molecule has 4 bridgehead atoms. The Balaban J connectivity index is 1.25. The zero-order chi connectivity index (χ0) is 33.6. The van der Waals surface area contributed by atoms with Gasteiger partial charge in [-0.05, 0) is 59.9 Å². The maximum Gasteiger partial charge on any atom is 0.265 e. The predicted molar refractivity (Wildman–Crippen MR) is 189 cm³/mol. The minimum atomic E-state index is -1.43. The third-order valence-corrected chi connectivity index (χ3v) is 19.9. The Kier molecular flexibility index (Phi) is 6.51. The van der Waals surface area contributed by atoms with Gasteiger partial charge in [-0.25, -0.2) is 0 Å². The van der Waals surface area contributed by atoms with Gasteiger partial charge in [-0.1, -0.05) is 47.2 Å². The van der Waals surface area contributed by atoms with E-state index in [2.05, 4.69) is 9.88 Å². The van der Waals surface area contributed by atoms with Crippen LogP contribution >= 0.6 is 53.0 Å². The monoisotopic (exact) mass is 742 g/mol. The first-order valence-electron chi connectivity index (χ1n) is 15.3. The molecule has 2 aromatic carbocycles. The van der Waals surface area contributed by atoms with Gasteiger partial charge in [0.25, 0.3) is 23.6 Å². The fourth-order valence-electron chi connectivity index (χ4n) is 8.48. The van der Waals surface area contributed by atoms with Crippen molar-refractivity contribution in [1.82, 2.24) is 24.2 Å². The van der Waals surface area contributed by atoms with Gasteiger partial charge >= 0.3 is 0 Å². The second kappa shape index (κ2) is 9.98. The molecule has 1 aromatic heterocycles. The van der Waals surface area contributed by atoms with Crippen LogP contribution in [-0.2, 0) is 31.1 Å². The second-order valence-corrected chi connectivity index (χ2v) is 20.2. The molecule has 7 fully saturated rings. The molecule has 3 N–H and O–H groups in total. The average Bonchev–Trinajstić information content (AvgIpc) is 3.68.